The van der Waals surface area contributed by atoms with Crippen LogP contribution in [0.5, 0.6) is 0 Å². The molecule has 0 amide bonds. The van der Waals surface area contributed by atoms with Gasteiger partial charge >= 0.3 is 0 Å². The van der Waals surface area contributed by atoms with E-state index in [1.54, 1.807) is 6.20 Å². The van der Waals surface area contributed by atoms with Crippen LogP contribution in [-0.2, 0) is 0 Å². The molecule has 2 fully saturated rings. The maximum absolute atomic E-state index is 4.65. The van der Waals surface area contributed by atoms with Gasteiger partial charge in [0.2, 0.25) is 0 Å². The van der Waals surface area contributed by atoms with Crippen molar-refractivity contribution in [3.63, 3.8) is 0 Å². The standard InChI is InChI=1S/C12H15N5/c1-3-14-17-4-2-11(15-12(1)17)16-7-9-5-13-6-10(9)8-16/h1-4,9-10,13H,5-8H2/t9-,10+. The highest BCUT2D eigenvalue weighted by molar-refractivity contribution is 5.48. The van der Waals surface area contributed by atoms with E-state index in [0.29, 0.717) is 0 Å². The lowest BCUT2D eigenvalue weighted by Crippen LogP contribution is -2.26. The molecular formula is C12H15N5. The van der Waals surface area contributed by atoms with E-state index in [4.69, 9.17) is 0 Å². The Kier molecular flexibility index (Phi) is 1.90. The van der Waals surface area contributed by atoms with Crippen LogP contribution in [0.3, 0.4) is 0 Å². The number of nitrogens with one attached hydrogen (secondary N) is 1. The van der Waals surface area contributed by atoms with Crippen LogP contribution >= 0.6 is 0 Å². The molecule has 2 aromatic heterocycles. The first-order valence-electron chi connectivity index (χ1n) is 6.16. The van der Waals surface area contributed by atoms with E-state index < -0.39 is 0 Å². The lowest BCUT2D eigenvalue weighted by molar-refractivity contribution is 0.533. The zero-order valence-electron chi connectivity index (χ0n) is 9.58. The molecule has 88 valence electrons. The SMILES string of the molecule is c1cc2nc(N3C[C@H]4CNC[C@H]4C3)ccn2n1. The van der Waals surface area contributed by atoms with E-state index in [1.807, 2.05) is 16.8 Å². The van der Waals surface area contributed by atoms with Gasteiger partial charge in [-0.1, -0.05) is 0 Å². The van der Waals surface area contributed by atoms with Gasteiger partial charge in [-0.3, -0.25) is 0 Å². The van der Waals surface area contributed by atoms with Crippen molar-refractivity contribution in [2.75, 3.05) is 31.1 Å². The first-order chi connectivity index (χ1) is 8.40. The largest absolute Gasteiger partial charge is 0.356 e. The third-order valence-corrected chi connectivity index (χ3v) is 3.96. The topological polar surface area (TPSA) is 45.5 Å². The first-order valence-corrected chi connectivity index (χ1v) is 6.16. The summed E-state index contributed by atoms with van der Waals surface area (Å²) in [5.41, 5.74) is 0.928. The summed E-state index contributed by atoms with van der Waals surface area (Å²) in [6.45, 7) is 4.59. The maximum atomic E-state index is 4.65. The molecule has 4 heterocycles. The van der Waals surface area contributed by atoms with Crippen LogP contribution in [0.2, 0.25) is 0 Å². The zero-order chi connectivity index (χ0) is 11.2. The van der Waals surface area contributed by atoms with Gasteiger partial charge < -0.3 is 10.2 Å². The maximum Gasteiger partial charge on any atom is 0.157 e. The molecule has 2 aliphatic heterocycles. The third-order valence-electron chi connectivity index (χ3n) is 3.96. The van der Waals surface area contributed by atoms with Crippen LogP contribution in [0.25, 0.3) is 5.65 Å². The molecule has 2 aliphatic rings. The van der Waals surface area contributed by atoms with Crippen molar-refractivity contribution in [3.05, 3.63) is 24.5 Å². The number of fused-ring (bicyclic) bond motifs is 2. The summed E-state index contributed by atoms with van der Waals surface area (Å²) in [5.74, 6) is 2.70. The number of rotatable bonds is 1. The molecule has 0 bridgehead atoms. The van der Waals surface area contributed by atoms with Crippen molar-refractivity contribution in [1.82, 2.24) is 19.9 Å². The van der Waals surface area contributed by atoms with Crippen molar-refractivity contribution in [2.45, 2.75) is 0 Å². The Morgan fingerprint density at radius 3 is 2.82 bits per heavy atom. The van der Waals surface area contributed by atoms with E-state index in [-0.39, 0.29) is 0 Å². The van der Waals surface area contributed by atoms with Gasteiger partial charge in [0, 0.05) is 38.4 Å². The molecule has 1 N–H and O–H groups in total. The summed E-state index contributed by atoms with van der Waals surface area (Å²) in [7, 11) is 0. The Labute approximate surface area is 99.4 Å². The van der Waals surface area contributed by atoms with Gasteiger partial charge in [-0.25, -0.2) is 9.50 Å². The fourth-order valence-corrected chi connectivity index (χ4v) is 3.02. The smallest absolute Gasteiger partial charge is 0.157 e. The molecule has 0 saturated carbocycles. The monoisotopic (exact) mass is 229 g/mol. The van der Waals surface area contributed by atoms with E-state index in [2.05, 4.69) is 26.4 Å². The quantitative estimate of drug-likeness (QED) is 0.768. The second kappa shape index (κ2) is 3.43. The minimum absolute atomic E-state index is 0.804. The van der Waals surface area contributed by atoms with E-state index >= 15 is 0 Å². The van der Waals surface area contributed by atoms with Crippen LogP contribution < -0.4 is 10.2 Å². The van der Waals surface area contributed by atoms with Gasteiger partial charge in [0.05, 0.1) is 6.20 Å². The van der Waals surface area contributed by atoms with Gasteiger partial charge in [-0.2, -0.15) is 5.10 Å². The third kappa shape index (κ3) is 1.42. The molecule has 5 nitrogen and oxygen atoms in total. The molecule has 0 unspecified atom stereocenters. The number of anilines is 1. The minimum Gasteiger partial charge on any atom is -0.356 e. The minimum atomic E-state index is 0.804. The number of aromatic nitrogens is 3. The molecule has 5 heteroatoms. The normalized spacial score (nSPS) is 27.9. The lowest BCUT2D eigenvalue weighted by Gasteiger charge is -2.18. The summed E-state index contributed by atoms with van der Waals surface area (Å²) >= 11 is 0. The fourth-order valence-electron chi connectivity index (χ4n) is 3.02. The van der Waals surface area contributed by atoms with E-state index in [0.717, 1.165) is 49.5 Å². The Balaban J connectivity index is 1.66. The molecule has 17 heavy (non-hydrogen) atoms. The van der Waals surface area contributed by atoms with Crippen LogP contribution in [-0.4, -0.2) is 40.8 Å². The summed E-state index contributed by atoms with van der Waals surface area (Å²) in [5, 5.41) is 7.63. The number of hydrogen-bond acceptors (Lipinski definition) is 4. The molecule has 0 aromatic carbocycles. The van der Waals surface area contributed by atoms with Crippen LogP contribution in [0.4, 0.5) is 5.82 Å². The fraction of sp³-hybridized carbons (Fsp3) is 0.500. The molecule has 4 rings (SSSR count). The average Bonchev–Trinajstić information content (AvgIpc) is 3.02. The molecule has 0 aliphatic carbocycles. The van der Waals surface area contributed by atoms with Crippen molar-refractivity contribution in [3.8, 4) is 0 Å². The van der Waals surface area contributed by atoms with Crippen LogP contribution in [0.1, 0.15) is 0 Å². The van der Waals surface area contributed by atoms with Crippen molar-refractivity contribution >= 4 is 11.5 Å². The van der Waals surface area contributed by atoms with Crippen molar-refractivity contribution in [1.29, 1.82) is 0 Å². The number of hydrogen-bond donors (Lipinski definition) is 1. The second-order valence-electron chi connectivity index (χ2n) is 5.00. The summed E-state index contributed by atoms with van der Waals surface area (Å²) < 4.78 is 1.81. The number of nitrogens with zero attached hydrogens (tertiary/aromatic N) is 4. The first kappa shape index (κ1) is 9.41. The second-order valence-corrected chi connectivity index (χ2v) is 5.00. The van der Waals surface area contributed by atoms with E-state index in [9.17, 15) is 0 Å². The molecule has 2 saturated heterocycles. The Morgan fingerprint density at radius 2 is 2.00 bits per heavy atom. The zero-order valence-corrected chi connectivity index (χ0v) is 9.58. The summed E-state index contributed by atoms with van der Waals surface area (Å²) in [6, 6.07) is 4.01. The van der Waals surface area contributed by atoms with Gasteiger partial charge in [-0.05, 0) is 17.9 Å². The molecule has 0 radical (unpaired) electrons. The van der Waals surface area contributed by atoms with Gasteiger partial charge in [-0.15, -0.1) is 0 Å². The molecule has 2 atom stereocenters. The Bertz CT molecular complexity index is 537. The lowest BCUT2D eigenvalue weighted by atomic mass is 10.0. The molecular weight excluding hydrogens is 214 g/mol. The summed E-state index contributed by atoms with van der Waals surface area (Å²) in [4.78, 5) is 7.06. The predicted molar refractivity (Wildman–Crippen MR) is 65.0 cm³/mol. The predicted octanol–water partition coefficient (Wildman–Crippen LogP) is 0.385. The van der Waals surface area contributed by atoms with Crippen molar-refractivity contribution in [2.24, 2.45) is 11.8 Å². The van der Waals surface area contributed by atoms with Gasteiger partial charge in [0.25, 0.3) is 0 Å². The van der Waals surface area contributed by atoms with Gasteiger partial charge in [0.1, 0.15) is 5.82 Å². The highest BCUT2D eigenvalue weighted by atomic mass is 15.3. The Hall–Kier alpha value is -1.62. The van der Waals surface area contributed by atoms with Crippen LogP contribution in [0, 0.1) is 11.8 Å². The summed E-state index contributed by atoms with van der Waals surface area (Å²) in [6.07, 6.45) is 3.78. The Morgan fingerprint density at radius 1 is 1.18 bits per heavy atom. The molecule has 0 spiro atoms. The average molecular weight is 229 g/mol. The highest BCUT2D eigenvalue weighted by Crippen LogP contribution is 2.29. The molecule has 2 aromatic rings. The van der Waals surface area contributed by atoms with Crippen LogP contribution in [0.15, 0.2) is 24.5 Å². The van der Waals surface area contributed by atoms with Gasteiger partial charge in [0.15, 0.2) is 5.65 Å². The van der Waals surface area contributed by atoms with E-state index in [1.165, 1.54) is 0 Å². The highest BCUT2D eigenvalue weighted by Gasteiger charge is 2.36. The van der Waals surface area contributed by atoms with Crippen molar-refractivity contribution < 1.29 is 0 Å².